The van der Waals surface area contributed by atoms with Crippen LogP contribution in [0.4, 0.5) is 0 Å². The first-order valence-corrected chi connectivity index (χ1v) is 9.89. The zero-order valence-corrected chi connectivity index (χ0v) is 16.1. The standard InChI is InChI=1S/C20H19N5O2S/c1-13(20-23-14-7-2-3-9-16(14)28-20)22-17(26)10-6-11-18-24-19(25-27-18)15-8-4-5-12-21-15/h2-5,7-9,12-13H,6,10-11H2,1H3,(H,22,26). The zero-order valence-electron chi connectivity index (χ0n) is 15.3. The molecule has 4 aromatic rings. The van der Waals surface area contributed by atoms with E-state index in [1.165, 1.54) is 0 Å². The Hall–Kier alpha value is -3.13. The Balaban J connectivity index is 1.27. The van der Waals surface area contributed by atoms with Gasteiger partial charge in [-0.1, -0.05) is 23.4 Å². The van der Waals surface area contributed by atoms with E-state index in [1.54, 1.807) is 17.5 Å². The number of rotatable bonds is 7. The molecule has 3 aromatic heterocycles. The molecule has 1 unspecified atom stereocenters. The number of nitrogens with one attached hydrogen (secondary N) is 1. The van der Waals surface area contributed by atoms with Crippen LogP contribution in [0.5, 0.6) is 0 Å². The van der Waals surface area contributed by atoms with E-state index in [0.29, 0.717) is 36.7 Å². The number of hydrogen-bond acceptors (Lipinski definition) is 7. The van der Waals surface area contributed by atoms with Gasteiger partial charge in [-0.15, -0.1) is 11.3 Å². The van der Waals surface area contributed by atoms with Gasteiger partial charge in [0, 0.05) is 19.0 Å². The smallest absolute Gasteiger partial charge is 0.227 e. The summed E-state index contributed by atoms with van der Waals surface area (Å²) < 4.78 is 6.37. The average Bonchev–Trinajstić information content (AvgIpc) is 3.36. The van der Waals surface area contributed by atoms with Gasteiger partial charge in [-0.2, -0.15) is 4.98 Å². The Bertz CT molecular complexity index is 1040. The van der Waals surface area contributed by atoms with Crippen LogP contribution in [0.15, 0.2) is 53.2 Å². The topological polar surface area (TPSA) is 93.8 Å². The quantitative estimate of drug-likeness (QED) is 0.511. The van der Waals surface area contributed by atoms with Crippen LogP contribution in [0.2, 0.25) is 0 Å². The Kier molecular flexibility index (Phi) is 5.38. The molecule has 0 saturated heterocycles. The van der Waals surface area contributed by atoms with Gasteiger partial charge in [-0.05, 0) is 37.6 Å². The van der Waals surface area contributed by atoms with Crippen LogP contribution in [0.3, 0.4) is 0 Å². The van der Waals surface area contributed by atoms with Crippen LogP contribution in [0.25, 0.3) is 21.7 Å². The van der Waals surface area contributed by atoms with Gasteiger partial charge >= 0.3 is 0 Å². The van der Waals surface area contributed by atoms with E-state index in [9.17, 15) is 4.79 Å². The van der Waals surface area contributed by atoms with Gasteiger partial charge in [0.1, 0.15) is 10.7 Å². The number of para-hydroxylation sites is 1. The number of hydrogen-bond donors (Lipinski definition) is 1. The van der Waals surface area contributed by atoms with Crippen molar-refractivity contribution in [3.63, 3.8) is 0 Å². The summed E-state index contributed by atoms with van der Waals surface area (Å²) in [4.78, 5) is 25.4. The van der Waals surface area contributed by atoms with Crippen molar-refractivity contribution >= 4 is 27.5 Å². The molecule has 142 valence electrons. The molecule has 1 aromatic carbocycles. The van der Waals surface area contributed by atoms with Crippen molar-refractivity contribution in [3.8, 4) is 11.5 Å². The predicted molar refractivity (Wildman–Crippen MR) is 107 cm³/mol. The second-order valence-electron chi connectivity index (χ2n) is 6.39. The molecule has 0 aliphatic rings. The van der Waals surface area contributed by atoms with Crippen LogP contribution in [-0.2, 0) is 11.2 Å². The summed E-state index contributed by atoms with van der Waals surface area (Å²) in [5, 5.41) is 7.85. The van der Waals surface area contributed by atoms with Gasteiger partial charge in [0.15, 0.2) is 0 Å². The first-order valence-electron chi connectivity index (χ1n) is 9.08. The Morgan fingerprint density at radius 1 is 1.18 bits per heavy atom. The van der Waals surface area contributed by atoms with Gasteiger partial charge in [-0.3, -0.25) is 9.78 Å². The van der Waals surface area contributed by atoms with Crippen molar-refractivity contribution in [2.75, 3.05) is 0 Å². The summed E-state index contributed by atoms with van der Waals surface area (Å²) in [6, 6.07) is 13.4. The SMILES string of the molecule is CC(NC(=O)CCCc1nc(-c2ccccn2)no1)c1nc2ccccc2s1. The summed E-state index contributed by atoms with van der Waals surface area (Å²) in [6.45, 7) is 1.95. The number of fused-ring (bicyclic) bond motifs is 1. The lowest BCUT2D eigenvalue weighted by atomic mass is 10.2. The fourth-order valence-electron chi connectivity index (χ4n) is 2.81. The Morgan fingerprint density at radius 2 is 2.04 bits per heavy atom. The molecule has 0 radical (unpaired) electrons. The molecular weight excluding hydrogens is 374 g/mol. The lowest BCUT2D eigenvalue weighted by Gasteiger charge is -2.10. The molecule has 3 heterocycles. The number of carbonyl (C=O) groups is 1. The minimum atomic E-state index is -0.121. The van der Waals surface area contributed by atoms with Crippen LogP contribution in [0.1, 0.15) is 36.7 Å². The van der Waals surface area contributed by atoms with E-state index in [4.69, 9.17) is 4.52 Å². The lowest BCUT2D eigenvalue weighted by molar-refractivity contribution is -0.121. The van der Waals surface area contributed by atoms with Gasteiger partial charge in [0.2, 0.25) is 17.6 Å². The molecule has 0 saturated carbocycles. The lowest BCUT2D eigenvalue weighted by Crippen LogP contribution is -2.26. The van der Waals surface area contributed by atoms with Crippen molar-refractivity contribution < 1.29 is 9.32 Å². The van der Waals surface area contributed by atoms with Crippen LogP contribution in [-0.4, -0.2) is 26.0 Å². The normalized spacial score (nSPS) is 12.2. The second-order valence-corrected chi connectivity index (χ2v) is 7.45. The summed E-state index contributed by atoms with van der Waals surface area (Å²) in [5.41, 5.74) is 1.63. The molecule has 1 atom stereocenters. The highest BCUT2D eigenvalue weighted by atomic mass is 32.1. The molecule has 8 heteroatoms. The molecule has 4 rings (SSSR count). The predicted octanol–water partition coefficient (Wildman–Crippen LogP) is 3.94. The van der Waals surface area contributed by atoms with Gasteiger partial charge in [0.25, 0.3) is 0 Å². The van der Waals surface area contributed by atoms with E-state index in [0.717, 1.165) is 15.2 Å². The monoisotopic (exact) mass is 393 g/mol. The van der Waals surface area contributed by atoms with Crippen molar-refractivity contribution in [2.45, 2.75) is 32.2 Å². The van der Waals surface area contributed by atoms with E-state index < -0.39 is 0 Å². The molecule has 1 amide bonds. The Morgan fingerprint density at radius 3 is 2.86 bits per heavy atom. The first-order chi connectivity index (χ1) is 13.7. The highest BCUT2D eigenvalue weighted by molar-refractivity contribution is 7.18. The fraction of sp³-hybridized carbons (Fsp3) is 0.250. The van der Waals surface area contributed by atoms with Gasteiger partial charge < -0.3 is 9.84 Å². The van der Waals surface area contributed by atoms with Crippen LogP contribution >= 0.6 is 11.3 Å². The van der Waals surface area contributed by atoms with Crippen molar-refractivity contribution in [1.82, 2.24) is 25.4 Å². The van der Waals surface area contributed by atoms with E-state index in [1.807, 2.05) is 49.4 Å². The van der Waals surface area contributed by atoms with E-state index in [-0.39, 0.29) is 11.9 Å². The number of amides is 1. The average molecular weight is 393 g/mol. The van der Waals surface area contributed by atoms with E-state index in [2.05, 4.69) is 25.4 Å². The molecule has 28 heavy (non-hydrogen) atoms. The first kappa shape index (κ1) is 18.2. The molecule has 0 fully saturated rings. The number of carbonyl (C=O) groups excluding carboxylic acids is 1. The van der Waals surface area contributed by atoms with Crippen molar-refractivity contribution in [3.05, 3.63) is 59.6 Å². The number of pyridine rings is 1. The minimum Gasteiger partial charge on any atom is -0.347 e. The second kappa shape index (κ2) is 8.26. The molecule has 0 aliphatic heterocycles. The summed E-state index contributed by atoms with van der Waals surface area (Å²) in [7, 11) is 0. The van der Waals surface area contributed by atoms with Crippen molar-refractivity contribution in [2.24, 2.45) is 0 Å². The van der Waals surface area contributed by atoms with Gasteiger partial charge in [-0.25, -0.2) is 4.98 Å². The largest absolute Gasteiger partial charge is 0.347 e. The molecule has 1 N–H and O–H groups in total. The number of thiazole rings is 1. The Labute approximate surface area is 165 Å². The van der Waals surface area contributed by atoms with Crippen molar-refractivity contribution in [1.29, 1.82) is 0 Å². The van der Waals surface area contributed by atoms with Gasteiger partial charge in [0.05, 0.1) is 16.3 Å². The maximum atomic E-state index is 12.2. The summed E-state index contributed by atoms with van der Waals surface area (Å²) >= 11 is 1.60. The summed E-state index contributed by atoms with van der Waals surface area (Å²) in [5.74, 6) is 0.952. The number of aryl methyl sites for hydroxylation is 1. The summed E-state index contributed by atoms with van der Waals surface area (Å²) in [6.07, 6.45) is 3.24. The third kappa shape index (κ3) is 4.23. The number of nitrogens with zero attached hydrogens (tertiary/aromatic N) is 4. The van der Waals surface area contributed by atoms with E-state index >= 15 is 0 Å². The third-order valence-corrected chi connectivity index (χ3v) is 5.43. The molecule has 7 nitrogen and oxygen atoms in total. The molecule has 0 spiro atoms. The number of benzene rings is 1. The molecule has 0 bridgehead atoms. The highest BCUT2D eigenvalue weighted by Gasteiger charge is 2.15. The van der Waals surface area contributed by atoms with Crippen LogP contribution in [0, 0.1) is 0 Å². The molecule has 0 aliphatic carbocycles. The fourth-order valence-corrected chi connectivity index (χ4v) is 3.78. The maximum Gasteiger partial charge on any atom is 0.227 e. The third-order valence-electron chi connectivity index (χ3n) is 4.21. The van der Waals surface area contributed by atoms with Crippen LogP contribution < -0.4 is 5.32 Å². The minimum absolute atomic E-state index is 0.0174. The number of aromatic nitrogens is 4. The maximum absolute atomic E-state index is 12.2. The molecular formula is C20H19N5O2S. The highest BCUT2D eigenvalue weighted by Crippen LogP contribution is 2.26. The zero-order chi connectivity index (χ0) is 19.3.